The van der Waals surface area contributed by atoms with Crippen molar-refractivity contribution < 1.29 is 22.1 Å². The van der Waals surface area contributed by atoms with Gasteiger partial charge in [0.15, 0.2) is 0 Å². The molecule has 2 unspecified atom stereocenters. The van der Waals surface area contributed by atoms with Gasteiger partial charge in [-0.1, -0.05) is 112 Å². The lowest BCUT2D eigenvalue weighted by Crippen LogP contribution is -2.25. The van der Waals surface area contributed by atoms with Gasteiger partial charge in [0.2, 0.25) is 0 Å². The van der Waals surface area contributed by atoms with E-state index >= 15 is 0 Å². The molecule has 6 heteroatoms. The zero-order valence-electron chi connectivity index (χ0n) is 23.3. The number of hydrogen-bond acceptors (Lipinski definition) is 5. The normalized spacial score (nSPS) is 15.4. The second-order valence-corrected chi connectivity index (χ2v) is 10.7. The number of hydrogen-bond donors (Lipinski definition) is 0. The Labute approximate surface area is 240 Å². The summed E-state index contributed by atoms with van der Waals surface area (Å²) in [4.78, 5) is 0. The predicted molar refractivity (Wildman–Crippen MR) is 165 cm³/mol. The molecule has 0 N–H and O–H groups in total. The first-order valence-electron chi connectivity index (χ1n) is 13.1. The number of benzene rings is 4. The van der Waals surface area contributed by atoms with Gasteiger partial charge in [-0.25, -0.2) is 0 Å². The zero-order chi connectivity index (χ0) is 28.3. The van der Waals surface area contributed by atoms with Crippen LogP contribution in [-0.2, 0) is 21.5 Å². The van der Waals surface area contributed by atoms with E-state index in [1.165, 1.54) is 16.7 Å². The molecule has 4 aromatic carbocycles. The van der Waals surface area contributed by atoms with E-state index in [4.69, 9.17) is 13.7 Å². The fourth-order valence-electron chi connectivity index (χ4n) is 4.52. The lowest BCUT2D eigenvalue weighted by molar-refractivity contribution is 0.185. The van der Waals surface area contributed by atoms with Gasteiger partial charge in [-0.15, -0.1) is 0 Å². The van der Waals surface area contributed by atoms with E-state index in [1.807, 2.05) is 62.4 Å². The Morgan fingerprint density at radius 2 is 1.40 bits per heavy atom. The highest BCUT2D eigenvalue weighted by Crippen LogP contribution is 2.46. The first-order valence-corrected chi connectivity index (χ1v) is 15.0. The molecule has 40 heavy (non-hydrogen) atoms. The highest BCUT2D eigenvalue weighted by molar-refractivity contribution is 7.86. The molecule has 1 aliphatic rings. The molecule has 0 radical (unpaired) electrons. The number of rotatable bonds is 6. The standard InChI is InChI=1S/C22H20O4S.C9H12O.C2H6.CH4/c1-27(23,24)26-18-13-11-17(12-14-18)22-19-9-5-6-10-21(19)25-15-20(22)16-7-3-2-4-8-16;1-8-3-5-9(6-4-8)7-10-2;1-2;/h2-14,20,22H,15H2,1H3;3-6H,7H2,1-2H3;1-2H3;1H4. The molecule has 4 aromatic rings. The minimum absolute atomic E-state index is 0. The second kappa shape index (κ2) is 15.8. The molecule has 5 rings (SSSR count). The van der Waals surface area contributed by atoms with Crippen LogP contribution < -0.4 is 8.92 Å². The highest BCUT2D eigenvalue weighted by atomic mass is 32.2. The molecule has 214 valence electrons. The lowest BCUT2D eigenvalue weighted by atomic mass is 9.76. The average molecular weight is 563 g/mol. The molecule has 0 amide bonds. The topological polar surface area (TPSA) is 61.8 Å². The van der Waals surface area contributed by atoms with E-state index in [2.05, 4.69) is 49.4 Å². The first kappa shape index (κ1) is 32.6. The quantitative estimate of drug-likeness (QED) is 0.222. The van der Waals surface area contributed by atoms with Crippen LogP contribution in [0.1, 0.15) is 60.9 Å². The van der Waals surface area contributed by atoms with Gasteiger partial charge in [-0.05, 0) is 41.8 Å². The minimum atomic E-state index is -3.54. The van der Waals surface area contributed by atoms with Gasteiger partial charge in [0.1, 0.15) is 11.5 Å². The molecule has 0 aliphatic carbocycles. The summed E-state index contributed by atoms with van der Waals surface area (Å²) in [6, 6.07) is 34.0. The fraction of sp³-hybridized carbons (Fsp3) is 0.294. The van der Waals surface area contributed by atoms with Crippen LogP contribution in [0.5, 0.6) is 11.5 Å². The Bertz CT molecular complexity index is 1380. The van der Waals surface area contributed by atoms with Crippen molar-refractivity contribution in [3.05, 3.63) is 131 Å². The van der Waals surface area contributed by atoms with E-state index in [0.717, 1.165) is 23.1 Å². The molecule has 0 saturated heterocycles. The molecule has 0 fully saturated rings. The summed E-state index contributed by atoms with van der Waals surface area (Å²) in [5.41, 5.74) is 5.97. The monoisotopic (exact) mass is 562 g/mol. The molecule has 1 heterocycles. The predicted octanol–water partition coefficient (Wildman–Crippen LogP) is 8.14. The molecule has 0 bridgehead atoms. The number of aryl methyl sites for hydroxylation is 1. The second-order valence-electron chi connectivity index (χ2n) is 9.12. The SMILES string of the molecule is C.CC.COCc1ccc(C)cc1.CS(=O)(=O)Oc1ccc(C2c3ccccc3OCC2c2ccccc2)cc1. The largest absolute Gasteiger partial charge is 0.493 e. The smallest absolute Gasteiger partial charge is 0.306 e. The number of fused-ring (bicyclic) bond motifs is 1. The minimum Gasteiger partial charge on any atom is -0.493 e. The van der Waals surface area contributed by atoms with Crippen molar-refractivity contribution in [3.63, 3.8) is 0 Å². The van der Waals surface area contributed by atoms with Crippen LogP contribution in [0.3, 0.4) is 0 Å². The molecule has 5 nitrogen and oxygen atoms in total. The van der Waals surface area contributed by atoms with Gasteiger partial charge in [0.05, 0.1) is 19.5 Å². The Hall–Kier alpha value is -3.61. The van der Waals surface area contributed by atoms with Crippen LogP contribution in [0.2, 0.25) is 0 Å². The Balaban J connectivity index is 0.000000365. The summed E-state index contributed by atoms with van der Waals surface area (Å²) < 4.78 is 38.7. The van der Waals surface area contributed by atoms with Gasteiger partial charge in [0.25, 0.3) is 0 Å². The molecular weight excluding hydrogens is 520 g/mol. The van der Waals surface area contributed by atoms with Crippen LogP contribution in [0.4, 0.5) is 0 Å². The highest BCUT2D eigenvalue weighted by Gasteiger charge is 2.33. The molecule has 1 aliphatic heterocycles. The van der Waals surface area contributed by atoms with Gasteiger partial charge in [-0.3, -0.25) is 0 Å². The summed E-state index contributed by atoms with van der Waals surface area (Å²) in [5.74, 6) is 1.50. The van der Waals surface area contributed by atoms with Crippen LogP contribution in [0.15, 0.2) is 103 Å². The molecular formula is C34H42O5S. The van der Waals surface area contributed by atoms with Crippen LogP contribution >= 0.6 is 0 Å². The van der Waals surface area contributed by atoms with Crippen molar-refractivity contribution >= 4 is 10.1 Å². The zero-order valence-corrected chi connectivity index (χ0v) is 24.1. The summed E-state index contributed by atoms with van der Waals surface area (Å²) in [6.45, 7) is 7.38. The van der Waals surface area contributed by atoms with Crippen LogP contribution in [0, 0.1) is 6.92 Å². The summed E-state index contributed by atoms with van der Waals surface area (Å²) in [5, 5.41) is 0. The molecule has 0 spiro atoms. The number of para-hydroxylation sites is 1. The van der Waals surface area contributed by atoms with Crippen molar-refractivity contribution in [2.24, 2.45) is 0 Å². The van der Waals surface area contributed by atoms with Gasteiger partial charge >= 0.3 is 10.1 Å². The summed E-state index contributed by atoms with van der Waals surface area (Å²) >= 11 is 0. The third kappa shape index (κ3) is 9.25. The van der Waals surface area contributed by atoms with Crippen molar-refractivity contribution in [1.29, 1.82) is 0 Å². The van der Waals surface area contributed by atoms with E-state index in [-0.39, 0.29) is 19.3 Å². The fourth-order valence-corrected chi connectivity index (χ4v) is 4.98. The summed E-state index contributed by atoms with van der Waals surface area (Å²) in [6.07, 6.45) is 1.04. The van der Waals surface area contributed by atoms with E-state index in [1.54, 1.807) is 19.2 Å². The third-order valence-corrected chi connectivity index (χ3v) is 6.72. The molecule has 0 saturated carbocycles. The number of ether oxygens (including phenoxy) is 2. The van der Waals surface area contributed by atoms with Crippen molar-refractivity contribution in [2.45, 2.75) is 46.6 Å². The molecule has 2 atom stereocenters. The Morgan fingerprint density at radius 3 is 2.00 bits per heavy atom. The van der Waals surface area contributed by atoms with Gasteiger partial charge < -0.3 is 13.7 Å². The van der Waals surface area contributed by atoms with Crippen molar-refractivity contribution in [1.82, 2.24) is 0 Å². The Morgan fingerprint density at radius 1 is 0.800 bits per heavy atom. The van der Waals surface area contributed by atoms with E-state index in [0.29, 0.717) is 19.0 Å². The lowest BCUT2D eigenvalue weighted by Gasteiger charge is -2.34. The Kier molecular flexibility index (Phi) is 12.9. The van der Waals surface area contributed by atoms with E-state index in [9.17, 15) is 8.42 Å². The van der Waals surface area contributed by atoms with Crippen molar-refractivity contribution in [2.75, 3.05) is 20.0 Å². The first-order chi connectivity index (χ1) is 18.8. The maximum absolute atomic E-state index is 11.3. The summed E-state index contributed by atoms with van der Waals surface area (Å²) in [7, 11) is -1.83. The molecule has 0 aromatic heterocycles. The van der Waals surface area contributed by atoms with E-state index < -0.39 is 10.1 Å². The maximum atomic E-state index is 11.3. The van der Waals surface area contributed by atoms with Gasteiger partial charge in [0, 0.05) is 24.5 Å². The van der Waals surface area contributed by atoms with Crippen LogP contribution in [-0.4, -0.2) is 28.4 Å². The van der Waals surface area contributed by atoms with Crippen molar-refractivity contribution in [3.8, 4) is 11.5 Å². The average Bonchev–Trinajstić information content (AvgIpc) is 2.95. The third-order valence-electron chi connectivity index (χ3n) is 6.22. The van der Waals surface area contributed by atoms with Crippen LogP contribution in [0.25, 0.3) is 0 Å². The maximum Gasteiger partial charge on any atom is 0.306 e. The number of methoxy groups -OCH3 is 1. The van der Waals surface area contributed by atoms with Gasteiger partial charge in [-0.2, -0.15) is 8.42 Å².